The Labute approximate surface area is 106 Å². The summed E-state index contributed by atoms with van der Waals surface area (Å²) >= 11 is 0. The standard InChI is InChI=1S/C14H16O4/c1-14(2)16-8-10(18-14)12-13(17-12)11(15)9-6-4-3-5-7-9/h3-7,10,12-13H,8H2,1-2H3/t10-,12+,13+/m1/s1. The number of epoxide rings is 1. The van der Waals surface area contributed by atoms with Gasteiger partial charge in [0.1, 0.15) is 18.3 Å². The molecule has 4 heteroatoms. The average molecular weight is 248 g/mol. The minimum absolute atomic E-state index is 0.0221. The Kier molecular flexibility index (Phi) is 2.73. The van der Waals surface area contributed by atoms with Gasteiger partial charge in [0.15, 0.2) is 11.6 Å². The van der Waals surface area contributed by atoms with Gasteiger partial charge in [0.2, 0.25) is 0 Å². The maximum Gasteiger partial charge on any atom is 0.194 e. The fourth-order valence-electron chi connectivity index (χ4n) is 2.26. The molecular weight excluding hydrogens is 232 g/mol. The van der Waals surface area contributed by atoms with E-state index in [2.05, 4.69) is 0 Å². The molecule has 0 unspecified atom stereocenters. The quantitative estimate of drug-likeness (QED) is 0.604. The van der Waals surface area contributed by atoms with Gasteiger partial charge in [-0.3, -0.25) is 4.79 Å². The van der Waals surface area contributed by atoms with Crippen molar-refractivity contribution in [1.29, 1.82) is 0 Å². The van der Waals surface area contributed by atoms with Gasteiger partial charge in [-0.15, -0.1) is 0 Å². The third-order valence-electron chi connectivity index (χ3n) is 3.24. The van der Waals surface area contributed by atoms with Crippen molar-refractivity contribution in [2.75, 3.05) is 6.61 Å². The monoisotopic (exact) mass is 248 g/mol. The van der Waals surface area contributed by atoms with Crippen LogP contribution in [-0.4, -0.2) is 36.5 Å². The number of hydrogen-bond donors (Lipinski definition) is 0. The summed E-state index contributed by atoms with van der Waals surface area (Å²) in [7, 11) is 0. The molecule has 2 aliphatic rings. The Balaban J connectivity index is 1.63. The van der Waals surface area contributed by atoms with Crippen molar-refractivity contribution in [3.8, 4) is 0 Å². The molecular formula is C14H16O4. The highest BCUT2D eigenvalue weighted by atomic mass is 16.8. The summed E-state index contributed by atoms with van der Waals surface area (Å²) in [4.78, 5) is 12.1. The zero-order valence-corrected chi connectivity index (χ0v) is 10.5. The predicted octanol–water partition coefficient (Wildman–Crippen LogP) is 1.79. The first kappa shape index (κ1) is 11.8. The normalized spacial score (nSPS) is 33.3. The van der Waals surface area contributed by atoms with Gasteiger partial charge in [0.25, 0.3) is 0 Å². The molecule has 18 heavy (non-hydrogen) atoms. The molecule has 2 aliphatic heterocycles. The van der Waals surface area contributed by atoms with Crippen LogP contribution in [0.4, 0.5) is 0 Å². The smallest absolute Gasteiger partial charge is 0.194 e. The Hall–Kier alpha value is -1.23. The molecule has 2 heterocycles. The number of carbonyl (C=O) groups is 1. The van der Waals surface area contributed by atoms with Gasteiger partial charge in [-0.1, -0.05) is 30.3 Å². The summed E-state index contributed by atoms with van der Waals surface area (Å²) in [6.07, 6.45) is -0.688. The van der Waals surface area contributed by atoms with E-state index in [1.807, 2.05) is 32.0 Å². The number of benzene rings is 1. The van der Waals surface area contributed by atoms with E-state index < -0.39 is 5.79 Å². The van der Waals surface area contributed by atoms with E-state index >= 15 is 0 Å². The Morgan fingerprint density at radius 3 is 2.61 bits per heavy atom. The lowest BCUT2D eigenvalue weighted by Gasteiger charge is -2.16. The van der Waals surface area contributed by atoms with Gasteiger partial charge in [-0.25, -0.2) is 0 Å². The maximum atomic E-state index is 12.1. The molecule has 2 saturated heterocycles. The molecule has 0 aromatic heterocycles. The molecule has 0 spiro atoms. The van der Waals surface area contributed by atoms with E-state index in [0.717, 1.165) is 0 Å². The SMILES string of the molecule is CC1(C)OC[C@H]([C@@H]2O[C@H]2C(=O)c2ccccc2)O1. The number of ketones is 1. The highest BCUT2D eigenvalue weighted by Gasteiger charge is 2.54. The lowest BCUT2D eigenvalue weighted by molar-refractivity contribution is -0.140. The number of ether oxygens (including phenoxy) is 3. The summed E-state index contributed by atoms with van der Waals surface area (Å²) in [5.74, 6) is -0.550. The van der Waals surface area contributed by atoms with Crippen LogP contribution in [0.2, 0.25) is 0 Å². The second kappa shape index (κ2) is 4.16. The van der Waals surface area contributed by atoms with Crippen molar-refractivity contribution < 1.29 is 19.0 Å². The van der Waals surface area contributed by atoms with Crippen LogP contribution in [-0.2, 0) is 14.2 Å². The minimum atomic E-state index is -0.572. The van der Waals surface area contributed by atoms with E-state index in [4.69, 9.17) is 14.2 Å². The molecule has 0 aliphatic carbocycles. The second-order valence-corrected chi connectivity index (χ2v) is 5.12. The Morgan fingerprint density at radius 1 is 1.28 bits per heavy atom. The first-order valence-corrected chi connectivity index (χ1v) is 6.13. The number of Topliss-reactive ketones (excluding diaryl/α,β-unsaturated/α-hetero) is 1. The summed E-state index contributed by atoms with van der Waals surface area (Å²) in [6.45, 7) is 4.21. The second-order valence-electron chi connectivity index (χ2n) is 5.12. The van der Waals surface area contributed by atoms with Crippen LogP contribution >= 0.6 is 0 Å². The van der Waals surface area contributed by atoms with Crippen LogP contribution in [0.15, 0.2) is 30.3 Å². The molecule has 0 radical (unpaired) electrons. The van der Waals surface area contributed by atoms with Crippen LogP contribution in [0, 0.1) is 0 Å². The first-order valence-electron chi connectivity index (χ1n) is 6.13. The number of carbonyl (C=O) groups excluding carboxylic acids is 1. The van der Waals surface area contributed by atoms with Crippen LogP contribution in [0.25, 0.3) is 0 Å². The van der Waals surface area contributed by atoms with Gasteiger partial charge >= 0.3 is 0 Å². The molecule has 3 rings (SSSR count). The van der Waals surface area contributed by atoms with Gasteiger partial charge < -0.3 is 14.2 Å². The maximum absolute atomic E-state index is 12.1. The summed E-state index contributed by atoms with van der Waals surface area (Å²) in [5, 5.41) is 0. The van der Waals surface area contributed by atoms with E-state index in [1.54, 1.807) is 12.1 Å². The Bertz CT molecular complexity index is 454. The van der Waals surface area contributed by atoms with E-state index in [-0.39, 0.29) is 24.1 Å². The molecule has 1 aromatic carbocycles. The van der Waals surface area contributed by atoms with Crippen molar-refractivity contribution in [3.63, 3.8) is 0 Å². The van der Waals surface area contributed by atoms with Crippen LogP contribution in [0.1, 0.15) is 24.2 Å². The third kappa shape index (κ3) is 2.19. The number of hydrogen-bond acceptors (Lipinski definition) is 4. The van der Waals surface area contributed by atoms with E-state index in [1.165, 1.54) is 0 Å². The molecule has 0 saturated carbocycles. The number of rotatable bonds is 3. The summed E-state index contributed by atoms with van der Waals surface area (Å²) in [5.41, 5.74) is 0.683. The van der Waals surface area contributed by atoms with Gasteiger partial charge in [-0.05, 0) is 13.8 Å². The average Bonchev–Trinajstić information content (AvgIpc) is 3.08. The van der Waals surface area contributed by atoms with Crippen LogP contribution in [0.3, 0.4) is 0 Å². The fourth-order valence-corrected chi connectivity index (χ4v) is 2.26. The highest BCUT2D eigenvalue weighted by Crippen LogP contribution is 2.36. The largest absolute Gasteiger partial charge is 0.358 e. The van der Waals surface area contributed by atoms with Crippen molar-refractivity contribution >= 4 is 5.78 Å². The van der Waals surface area contributed by atoms with E-state index in [0.29, 0.717) is 12.2 Å². The fraction of sp³-hybridized carbons (Fsp3) is 0.500. The van der Waals surface area contributed by atoms with Crippen molar-refractivity contribution in [3.05, 3.63) is 35.9 Å². The predicted molar refractivity (Wildman–Crippen MR) is 64.3 cm³/mol. The third-order valence-corrected chi connectivity index (χ3v) is 3.24. The van der Waals surface area contributed by atoms with Gasteiger partial charge in [0, 0.05) is 5.56 Å². The molecule has 4 nitrogen and oxygen atoms in total. The molecule has 2 fully saturated rings. The van der Waals surface area contributed by atoms with Crippen LogP contribution in [0.5, 0.6) is 0 Å². The first-order chi connectivity index (χ1) is 8.57. The van der Waals surface area contributed by atoms with Gasteiger partial charge in [0.05, 0.1) is 6.61 Å². The summed E-state index contributed by atoms with van der Waals surface area (Å²) < 4.78 is 16.6. The summed E-state index contributed by atoms with van der Waals surface area (Å²) in [6, 6.07) is 9.19. The van der Waals surface area contributed by atoms with Gasteiger partial charge in [-0.2, -0.15) is 0 Å². The molecule has 1 aromatic rings. The van der Waals surface area contributed by atoms with E-state index in [9.17, 15) is 4.79 Å². The molecule has 0 bridgehead atoms. The lowest BCUT2D eigenvalue weighted by Crippen LogP contribution is -2.26. The lowest BCUT2D eigenvalue weighted by atomic mass is 10.0. The van der Waals surface area contributed by atoms with Crippen LogP contribution < -0.4 is 0 Å². The highest BCUT2D eigenvalue weighted by molar-refractivity contribution is 6.01. The zero-order valence-electron chi connectivity index (χ0n) is 10.5. The zero-order chi connectivity index (χ0) is 12.8. The topological polar surface area (TPSA) is 48.1 Å². The van der Waals surface area contributed by atoms with Crippen molar-refractivity contribution in [2.24, 2.45) is 0 Å². The molecule has 3 atom stereocenters. The molecule has 0 N–H and O–H groups in total. The molecule has 0 amide bonds. The molecule has 96 valence electrons. The van der Waals surface area contributed by atoms with Crippen molar-refractivity contribution in [2.45, 2.75) is 37.9 Å². The Morgan fingerprint density at radius 2 is 2.00 bits per heavy atom. The minimum Gasteiger partial charge on any atom is -0.358 e. The van der Waals surface area contributed by atoms with Crippen molar-refractivity contribution in [1.82, 2.24) is 0 Å².